The smallest absolute Gasteiger partial charge is 0.344 e. The van der Waals surface area contributed by atoms with Crippen LogP contribution in [0.2, 0.25) is 0 Å². The molecular formula is C31H34O8. The molecular weight excluding hydrogens is 500 g/mol. The molecule has 3 rings (SSSR count). The van der Waals surface area contributed by atoms with Crippen molar-refractivity contribution in [1.82, 2.24) is 0 Å². The topological polar surface area (TPSA) is 116 Å². The van der Waals surface area contributed by atoms with Crippen LogP contribution in [0.1, 0.15) is 59.7 Å². The lowest BCUT2D eigenvalue weighted by Gasteiger charge is -2.09. The first kappa shape index (κ1) is 30.8. The van der Waals surface area contributed by atoms with E-state index in [1.54, 1.807) is 24.3 Å². The van der Waals surface area contributed by atoms with Crippen molar-refractivity contribution in [3.05, 3.63) is 105 Å². The Balaban J connectivity index is 0.000000293. The van der Waals surface area contributed by atoms with Crippen LogP contribution in [0, 0.1) is 41.5 Å². The molecule has 0 aliphatic carbocycles. The molecule has 0 heterocycles. The minimum absolute atomic E-state index is 0.167. The van der Waals surface area contributed by atoms with Crippen molar-refractivity contribution in [2.75, 3.05) is 13.2 Å². The quantitative estimate of drug-likeness (QED) is 0.303. The van der Waals surface area contributed by atoms with Gasteiger partial charge in [0, 0.05) is 0 Å². The number of carbonyl (C=O) groups is 4. The summed E-state index contributed by atoms with van der Waals surface area (Å²) < 4.78 is 14.7. The highest BCUT2D eigenvalue weighted by Crippen LogP contribution is 2.17. The Morgan fingerprint density at radius 3 is 1.44 bits per heavy atom. The number of rotatable bonds is 8. The Bertz CT molecular complexity index is 1300. The molecule has 8 nitrogen and oxygen atoms in total. The van der Waals surface area contributed by atoms with Crippen LogP contribution >= 0.6 is 0 Å². The highest BCUT2D eigenvalue weighted by atomic mass is 16.6. The summed E-state index contributed by atoms with van der Waals surface area (Å²) in [6, 6.07) is 16.3. The third-order valence-corrected chi connectivity index (χ3v) is 6.22. The fraction of sp³-hybridized carbons (Fsp3) is 0.290. The predicted molar refractivity (Wildman–Crippen MR) is 146 cm³/mol. The van der Waals surface area contributed by atoms with Crippen LogP contribution in [0.25, 0.3) is 0 Å². The monoisotopic (exact) mass is 534 g/mol. The van der Waals surface area contributed by atoms with E-state index in [4.69, 9.17) is 14.6 Å². The molecule has 0 amide bonds. The molecule has 0 bridgehead atoms. The lowest BCUT2D eigenvalue weighted by atomic mass is 10.0. The van der Waals surface area contributed by atoms with Crippen LogP contribution in [-0.2, 0) is 30.4 Å². The molecule has 8 heteroatoms. The molecule has 1 N–H and O–H groups in total. The highest BCUT2D eigenvalue weighted by molar-refractivity contribution is 5.92. The van der Waals surface area contributed by atoms with Crippen molar-refractivity contribution in [3.8, 4) is 0 Å². The van der Waals surface area contributed by atoms with Crippen molar-refractivity contribution in [2.45, 2.75) is 48.1 Å². The summed E-state index contributed by atoms with van der Waals surface area (Å²) >= 11 is 0. The minimum atomic E-state index is -1.16. The van der Waals surface area contributed by atoms with Crippen LogP contribution in [-0.4, -0.2) is 42.2 Å². The van der Waals surface area contributed by atoms with Crippen molar-refractivity contribution in [2.24, 2.45) is 0 Å². The second-order valence-electron chi connectivity index (χ2n) is 9.16. The van der Waals surface area contributed by atoms with E-state index in [9.17, 15) is 19.2 Å². The Labute approximate surface area is 228 Å². The number of hydrogen-bond acceptors (Lipinski definition) is 7. The third-order valence-electron chi connectivity index (χ3n) is 6.22. The van der Waals surface area contributed by atoms with E-state index in [0.29, 0.717) is 11.1 Å². The number of esters is 3. The SMILES string of the molecule is Cc1cc(C(=O)OCC(=O)O)cc(C)c1C.Cc1cc(C(=O)OCC(=O)OCc2ccccc2)cc(C)c1C. The van der Waals surface area contributed by atoms with Gasteiger partial charge in [-0.05, 0) is 105 Å². The van der Waals surface area contributed by atoms with E-state index in [2.05, 4.69) is 4.74 Å². The van der Waals surface area contributed by atoms with Gasteiger partial charge in [0.25, 0.3) is 0 Å². The van der Waals surface area contributed by atoms with Gasteiger partial charge in [-0.2, -0.15) is 0 Å². The summed E-state index contributed by atoms with van der Waals surface area (Å²) in [6.45, 7) is 10.8. The van der Waals surface area contributed by atoms with Gasteiger partial charge in [-0.1, -0.05) is 30.3 Å². The molecule has 0 aliphatic rings. The second kappa shape index (κ2) is 14.5. The zero-order valence-electron chi connectivity index (χ0n) is 23.1. The van der Waals surface area contributed by atoms with Crippen LogP contribution in [0.4, 0.5) is 0 Å². The molecule has 0 saturated heterocycles. The maximum atomic E-state index is 12.0. The van der Waals surface area contributed by atoms with Gasteiger partial charge in [-0.15, -0.1) is 0 Å². The standard InChI is InChI=1S/C19H20O4.C12H14O4/c1-13-9-17(10-14(2)15(13)3)19(21)23-12-18(20)22-11-16-7-5-4-6-8-16;1-7-4-10(5-8(2)9(7)3)12(15)16-6-11(13)14/h4-10H,11-12H2,1-3H3;4-5H,6H2,1-3H3,(H,13,14). The summed E-state index contributed by atoms with van der Waals surface area (Å²) in [4.78, 5) is 45.4. The first-order valence-electron chi connectivity index (χ1n) is 12.3. The van der Waals surface area contributed by atoms with E-state index in [1.807, 2.05) is 71.9 Å². The van der Waals surface area contributed by atoms with Crippen LogP contribution < -0.4 is 0 Å². The van der Waals surface area contributed by atoms with Gasteiger partial charge < -0.3 is 19.3 Å². The Hall–Kier alpha value is -4.46. The van der Waals surface area contributed by atoms with E-state index >= 15 is 0 Å². The Morgan fingerprint density at radius 1 is 0.615 bits per heavy atom. The van der Waals surface area contributed by atoms with Crippen LogP contribution in [0.15, 0.2) is 54.6 Å². The van der Waals surface area contributed by atoms with Gasteiger partial charge in [0.1, 0.15) is 6.61 Å². The first-order valence-corrected chi connectivity index (χ1v) is 12.3. The second-order valence-corrected chi connectivity index (χ2v) is 9.16. The lowest BCUT2D eigenvalue weighted by Crippen LogP contribution is -2.16. The largest absolute Gasteiger partial charge is 0.479 e. The number of aryl methyl sites for hydroxylation is 4. The van der Waals surface area contributed by atoms with Crippen molar-refractivity contribution in [3.63, 3.8) is 0 Å². The predicted octanol–water partition coefficient (Wildman–Crippen LogP) is 5.37. The summed E-state index contributed by atoms with van der Waals surface area (Å²) in [5.74, 6) is -2.85. The fourth-order valence-electron chi connectivity index (χ4n) is 3.51. The molecule has 3 aromatic rings. The molecule has 0 aliphatic heterocycles. The van der Waals surface area contributed by atoms with E-state index in [-0.39, 0.29) is 6.61 Å². The molecule has 0 radical (unpaired) electrons. The molecule has 0 atom stereocenters. The number of carbonyl (C=O) groups excluding carboxylic acids is 3. The number of ether oxygens (including phenoxy) is 3. The first-order chi connectivity index (χ1) is 18.4. The zero-order chi connectivity index (χ0) is 29.1. The minimum Gasteiger partial charge on any atom is -0.479 e. The number of carboxylic acid groups (broad SMARTS) is 1. The van der Waals surface area contributed by atoms with E-state index < -0.39 is 37.1 Å². The maximum Gasteiger partial charge on any atom is 0.344 e. The number of aliphatic carboxylic acids is 1. The molecule has 39 heavy (non-hydrogen) atoms. The van der Waals surface area contributed by atoms with Crippen LogP contribution in [0.3, 0.4) is 0 Å². The number of benzene rings is 3. The molecule has 0 aromatic heterocycles. The molecule has 0 saturated carbocycles. The van der Waals surface area contributed by atoms with Gasteiger partial charge in [0.15, 0.2) is 13.2 Å². The highest BCUT2D eigenvalue weighted by Gasteiger charge is 2.14. The Morgan fingerprint density at radius 2 is 1.03 bits per heavy atom. The van der Waals surface area contributed by atoms with Gasteiger partial charge >= 0.3 is 23.9 Å². The average molecular weight is 535 g/mol. The zero-order valence-corrected chi connectivity index (χ0v) is 23.1. The molecule has 206 valence electrons. The van der Waals surface area contributed by atoms with Crippen molar-refractivity contribution < 1.29 is 38.5 Å². The van der Waals surface area contributed by atoms with Gasteiger partial charge in [-0.3, -0.25) is 0 Å². The summed E-state index contributed by atoms with van der Waals surface area (Å²) in [5.41, 5.74) is 8.00. The Kier molecular flexibility index (Phi) is 11.4. The van der Waals surface area contributed by atoms with E-state index in [0.717, 1.165) is 38.9 Å². The number of hydrogen-bond donors (Lipinski definition) is 1. The number of carboxylic acids is 1. The molecule has 0 spiro atoms. The van der Waals surface area contributed by atoms with Gasteiger partial charge in [-0.25, -0.2) is 19.2 Å². The lowest BCUT2D eigenvalue weighted by molar-refractivity contribution is -0.148. The third kappa shape index (κ3) is 9.74. The summed E-state index contributed by atoms with van der Waals surface area (Å²) in [6.07, 6.45) is 0. The van der Waals surface area contributed by atoms with Crippen molar-refractivity contribution in [1.29, 1.82) is 0 Å². The van der Waals surface area contributed by atoms with Gasteiger partial charge in [0.05, 0.1) is 11.1 Å². The van der Waals surface area contributed by atoms with Crippen molar-refractivity contribution >= 4 is 23.9 Å². The van der Waals surface area contributed by atoms with Gasteiger partial charge in [0.2, 0.25) is 0 Å². The molecule has 0 fully saturated rings. The van der Waals surface area contributed by atoms with Crippen LogP contribution in [0.5, 0.6) is 0 Å². The summed E-state index contributed by atoms with van der Waals surface area (Å²) in [7, 11) is 0. The molecule has 0 unspecified atom stereocenters. The summed E-state index contributed by atoms with van der Waals surface area (Å²) in [5, 5.41) is 8.39. The molecule has 3 aromatic carbocycles. The van der Waals surface area contributed by atoms with E-state index in [1.165, 1.54) is 0 Å². The average Bonchev–Trinajstić information content (AvgIpc) is 2.91. The fourth-order valence-corrected chi connectivity index (χ4v) is 3.51. The normalized spacial score (nSPS) is 10.1. The maximum absolute atomic E-state index is 12.0.